The lowest BCUT2D eigenvalue weighted by atomic mass is 10.2. The van der Waals surface area contributed by atoms with Crippen molar-refractivity contribution in [2.75, 3.05) is 13.1 Å². The van der Waals surface area contributed by atoms with Crippen molar-refractivity contribution < 1.29 is 0 Å². The van der Waals surface area contributed by atoms with Crippen LogP contribution in [-0.2, 0) is 13.0 Å². The number of nitrogens with one attached hydrogen (secondary N) is 2. The fourth-order valence-electron chi connectivity index (χ4n) is 1.91. The smallest absolute Gasteiger partial charge is 0.191 e. The van der Waals surface area contributed by atoms with Crippen molar-refractivity contribution in [2.24, 2.45) is 4.99 Å². The summed E-state index contributed by atoms with van der Waals surface area (Å²) < 4.78 is 0. The number of thiazole rings is 1. The zero-order chi connectivity index (χ0) is 15.8. The Hall–Kier alpha value is -1.59. The van der Waals surface area contributed by atoms with Crippen LogP contribution in [0.15, 0.2) is 35.5 Å². The lowest BCUT2D eigenvalue weighted by molar-refractivity contribution is 0.796. The minimum Gasteiger partial charge on any atom is -0.357 e. The predicted molar refractivity (Wildman–Crippen MR) is 94.8 cm³/mol. The molecule has 0 aliphatic heterocycles. The van der Waals surface area contributed by atoms with Crippen LogP contribution in [0.1, 0.15) is 22.4 Å². The third-order valence-corrected chi connectivity index (χ3v) is 4.20. The Morgan fingerprint density at radius 1 is 1.27 bits per heavy atom. The fraction of sp³-hybridized carbons (Fsp3) is 0.375. The summed E-state index contributed by atoms with van der Waals surface area (Å²) >= 11 is 7.63. The molecule has 2 N–H and O–H groups in total. The van der Waals surface area contributed by atoms with Crippen LogP contribution < -0.4 is 10.6 Å². The summed E-state index contributed by atoms with van der Waals surface area (Å²) in [4.78, 5) is 10.2. The summed E-state index contributed by atoms with van der Waals surface area (Å²) in [7, 11) is 0. The van der Waals surface area contributed by atoms with Crippen LogP contribution in [0.3, 0.4) is 0 Å². The molecule has 118 valence electrons. The molecular weight excluding hydrogens is 316 g/mol. The second-order valence-corrected chi connectivity index (χ2v) is 6.62. The van der Waals surface area contributed by atoms with E-state index in [9.17, 15) is 0 Å². The second kappa shape index (κ2) is 8.76. The SMILES string of the molecule is CCNC(=NCc1ccc(Cl)cc1)NCCc1ncc(C)s1. The fourth-order valence-corrected chi connectivity index (χ4v) is 2.82. The van der Waals surface area contributed by atoms with E-state index in [4.69, 9.17) is 11.6 Å². The standard InChI is InChI=1S/C16H21ClN4S/c1-3-18-16(19-9-8-15-20-10-12(2)22-15)21-11-13-4-6-14(17)7-5-13/h4-7,10H,3,8-9,11H2,1-2H3,(H2,18,19,21). The van der Waals surface area contributed by atoms with Gasteiger partial charge in [0.15, 0.2) is 5.96 Å². The van der Waals surface area contributed by atoms with E-state index in [1.165, 1.54) is 4.88 Å². The lowest BCUT2D eigenvalue weighted by Gasteiger charge is -2.10. The summed E-state index contributed by atoms with van der Waals surface area (Å²) in [5.41, 5.74) is 1.14. The monoisotopic (exact) mass is 336 g/mol. The number of guanidine groups is 1. The third-order valence-electron chi connectivity index (χ3n) is 2.98. The molecule has 0 atom stereocenters. The number of benzene rings is 1. The highest BCUT2D eigenvalue weighted by atomic mass is 35.5. The van der Waals surface area contributed by atoms with Gasteiger partial charge in [0, 0.05) is 35.6 Å². The summed E-state index contributed by atoms with van der Waals surface area (Å²) in [6, 6.07) is 7.76. The molecule has 0 fully saturated rings. The van der Waals surface area contributed by atoms with Crippen molar-refractivity contribution in [1.29, 1.82) is 0 Å². The summed E-state index contributed by atoms with van der Waals surface area (Å²) in [6.07, 6.45) is 2.82. The Morgan fingerprint density at radius 3 is 2.68 bits per heavy atom. The molecule has 1 heterocycles. The highest BCUT2D eigenvalue weighted by Crippen LogP contribution is 2.11. The largest absolute Gasteiger partial charge is 0.357 e. The number of aromatic nitrogens is 1. The van der Waals surface area contributed by atoms with Gasteiger partial charge >= 0.3 is 0 Å². The van der Waals surface area contributed by atoms with Crippen LogP contribution in [0.25, 0.3) is 0 Å². The Morgan fingerprint density at radius 2 is 2.05 bits per heavy atom. The van der Waals surface area contributed by atoms with E-state index < -0.39 is 0 Å². The molecule has 1 aromatic carbocycles. The maximum atomic E-state index is 5.89. The second-order valence-electron chi connectivity index (χ2n) is 4.86. The maximum absolute atomic E-state index is 5.89. The van der Waals surface area contributed by atoms with Gasteiger partial charge in [-0.15, -0.1) is 11.3 Å². The first-order valence-corrected chi connectivity index (χ1v) is 8.54. The van der Waals surface area contributed by atoms with Crippen molar-refractivity contribution in [3.05, 3.63) is 50.9 Å². The van der Waals surface area contributed by atoms with Gasteiger partial charge in [0.1, 0.15) is 0 Å². The first-order chi connectivity index (χ1) is 10.7. The Balaban J connectivity index is 1.85. The van der Waals surface area contributed by atoms with E-state index in [-0.39, 0.29) is 0 Å². The Labute approximate surface area is 140 Å². The Bertz CT molecular complexity index is 607. The van der Waals surface area contributed by atoms with Crippen molar-refractivity contribution in [2.45, 2.75) is 26.8 Å². The molecular formula is C16H21ClN4S. The molecule has 0 radical (unpaired) electrons. The van der Waals surface area contributed by atoms with E-state index in [2.05, 4.69) is 34.5 Å². The van der Waals surface area contributed by atoms with Crippen molar-refractivity contribution in [3.63, 3.8) is 0 Å². The van der Waals surface area contributed by atoms with Gasteiger partial charge in [-0.1, -0.05) is 23.7 Å². The van der Waals surface area contributed by atoms with E-state index in [0.29, 0.717) is 6.54 Å². The zero-order valence-electron chi connectivity index (χ0n) is 12.9. The molecule has 0 bridgehead atoms. The predicted octanol–water partition coefficient (Wildman–Crippen LogP) is 3.40. The van der Waals surface area contributed by atoms with Crippen LogP contribution in [0, 0.1) is 6.92 Å². The molecule has 0 spiro atoms. The van der Waals surface area contributed by atoms with Gasteiger partial charge < -0.3 is 10.6 Å². The number of aliphatic imine (C=N–C) groups is 1. The summed E-state index contributed by atoms with van der Waals surface area (Å²) in [5.74, 6) is 0.825. The molecule has 1 aromatic heterocycles. The highest BCUT2D eigenvalue weighted by molar-refractivity contribution is 7.11. The number of hydrogen-bond donors (Lipinski definition) is 2. The van der Waals surface area contributed by atoms with Crippen LogP contribution >= 0.6 is 22.9 Å². The minimum atomic E-state index is 0.628. The summed E-state index contributed by atoms with van der Waals surface area (Å²) in [5, 5.41) is 8.49. The molecule has 2 aromatic rings. The van der Waals surface area contributed by atoms with Gasteiger partial charge in [-0.2, -0.15) is 0 Å². The molecule has 2 rings (SSSR count). The van der Waals surface area contributed by atoms with Gasteiger partial charge in [0.05, 0.1) is 11.6 Å². The number of aryl methyl sites for hydroxylation is 1. The lowest BCUT2D eigenvalue weighted by Crippen LogP contribution is -2.38. The number of rotatable bonds is 6. The molecule has 0 aliphatic rings. The van der Waals surface area contributed by atoms with Crippen LogP contribution in [0.4, 0.5) is 0 Å². The summed E-state index contributed by atoms with van der Waals surface area (Å²) in [6.45, 7) is 6.42. The highest BCUT2D eigenvalue weighted by Gasteiger charge is 2.01. The number of halogens is 1. The van der Waals surface area contributed by atoms with E-state index in [1.54, 1.807) is 11.3 Å². The first-order valence-electron chi connectivity index (χ1n) is 7.35. The number of hydrogen-bond acceptors (Lipinski definition) is 3. The van der Waals surface area contributed by atoms with Gasteiger partial charge in [-0.05, 0) is 31.5 Å². The molecule has 4 nitrogen and oxygen atoms in total. The topological polar surface area (TPSA) is 49.3 Å². The van der Waals surface area contributed by atoms with Crippen LogP contribution in [-0.4, -0.2) is 24.0 Å². The number of nitrogens with zero attached hydrogens (tertiary/aromatic N) is 2. The molecule has 22 heavy (non-hydrogen) atoms. The van der Waals surface area contributed by atoms with Crippen molar-refractivity contribution >= 4 is 28.9 Å². The average Bonchev–Trinajstić information content (AvgIpc) is 2.92. The molecule has 0 aliphatic carbocycles. The van der Waals surface area contributed by atoms with E-state index in [0.717, 1.165) is 41.1 Å². The molecule has 0 unspecified atom stereocenters. The minimum absolute atomic E-state index is 0.628. The zero-order valence-corrected chi connectivity index (χ0v) is 14.5. The molecule has 0 saturated carbocycles. The van der Waals surface area contributed by atoms with Crippen LogP contribution in [0.2, 0.25) is 5.02 Å². The van der Waals surface area contributed by atoms with Crippen molar-refractivity contribution in [3.8, 4) is 0 Å². The third kappa shape index (κ3) is 5.66. The van der Waals surface area contributed by atoms with Gasteiger partial charge in [0.25, 0.3) is 0 Å². The normalized spacial score (nSPS) is 11.5. The molecule has 0 amide bonds. The van der Waals surface area contributed by atoms with Gasteiger partial charge in [0.2, 0.25) is 0 Å². The van der Waals surface area contributed by atoms with Crippen molar-refractivity contribution in [1.82, 2.24) is 15.6 Å². The van der Waals surface area contributed by atoms with Gasteiger partial charge in [-0.25, -0.2) is 9.98 Å². The van der Waals surface area contributed by atoms with E-state index in [1.807, 2.05) is 30.5 Å². The van der Waals surface area contributed by atoms with Crippen LogP contribution in [0.5, 0.6) is 0 Å². The molecule has 6 heteroatoms. The quantitative estimate of drug-likeness (QED) is 0.628. The Kier molecular flexibility index (Phi) is 6.68. The average molecular weight is 337 g/mol. The maximum Gasteiger partial charge on any atom is 0.191 e. The van der Waals surface area contributed by atoms with E-state index >= 15 is 0 Å². The first kappa shape index (κ1) is 16.8. The van der Waals surface area contributed by atoms with Gasteiger partial charge in [-0.3, -0.25) is 0 Å². The molecule has 0 saturated heterocycles.